The molecule has 0 atom stereocenters. The number of rotatable bonds is 2. The van der Waals surface area contributed by atoms with Crippen LogP contribution in [-0.2, 0) is 6.54 Å². The Morgan fingerprint density at radius 3 is 2.62 bits per heavy atom. The molecular formula is C12H12N4. The van der Waals surface area contributed by atoms with Crippen molar-refractivity contribution in [1.82, 2.24) is 9.78 Å². The lowest BCUT2D eigenvalue weighted by atomic mass is 10.1. The summed E-state index contributed by atoms with van der Waals surface area (Å²) < 4.78 is 1.68. The van der Waals surface area contributed by atoms with Gasteiger partial charge in [0.05, 0.1) is 6.54 Å². The number of nitrogens with zero attached hydrogens (tertiary/aromatic N) is 3. The zero-order valence-corrected chi connectivity index (χ0v) is 9.01. The molecule has 0 fully saturated rings. The average Bonchev–Trinajstić information content (AvgIpc) is 2.62. The van der Waals surface area contributed by atoms with Gasteiger partial charge in [-0.3, -0.25) is 4.68 Å². The summed E-state index contributed by atoms with van der Waals surface area (Å²) in [6.45, 7) is 2.68. The Bertz CT molecular complexity index is 531. The fourth-order valence-corrected chi connectivity index (χ4v) is 1.48. The number of hydrogen-bond acceptors (Lipinski definition) is 3. The van der Waals surface area contributed by atoms with Gasteiger partial charge in [-0.05, 0) is 12.5 Å². The number of aryl methyl sites for hydroxylation is 1. The van der Waals surface area contributed by atoms with Gasteiger partial charge in [0.25, 0.3) is 0 Å². The molecule has 0 aliphatic heterocycles. The molecule has 1 heterocycles. The lowest BCUT2D eigenvalue weighted by Gasteiger charge is -2.01. The summed E-state index contributed by atoms with van der Waals surface area (Å²) in [5, 5.41) is 12.8. The van der Waals surface area contributed by atoms with Crippen molar-refractivity contribution in [3.05, 3.63) is 47.2 Å². The van der Waals surface area contributed by atoms with Crippen LogP contribution in [0.25, 0.3) is 0 Å². The first-order valence-electron chi connectivity index (χ1n) is 4.97. The van der Waals surface area contributed by atoms with Crippen LogP contribution in [0.1, 0.15) is 16.7 Å². The quantitative estimate of drug-likeness (QED) is 0.823. The SMILES string of the molecule is Cc1ccc(Cn2cc(C#N)c(N)n2)cc1. The molecule has 0 unspecified atom stereocenters. The standard InChI is InChI=1S/C12H12N4/c1-9-2-4-10(5-3-9)7-16-8-11(6-13)12(14)15-16/h2-5,8H,7H2,1H3,(H2,14,15). The third-order valence-electron chi connectivity index (χ3n) is 2.38. The molecular weight excluding hydrogens is 200 g/mol. The van der Waals surface area contributed by atoms with Gasteiger partial charge in [-0.2, -0.15) is 10.4 Å². The van der Waals surface area contributed by atoms with E-state index in [4.69, 9.17) is 11.0 Å². The first-order chi connectivity index (χ1) is 7.69. The maximum absolute atomic E-state index is 8.75. The summed E-state index contributed by atoms with van der Waals surface area (Å²) in [6.07, 6.45) is 1.66. The molecule has 4 nitrogen and oxygen atoms in total. The zero-order valence-electron chi connectivity index (χ0n) is 9.01. The molecule has 0 saturated carbocycles. The number of nitrogens with two attached hydrogens (primary N) is 1. The minimum atomic E-state index is 0.287. The fourth-order valence-electron chi connectivity index (χ4n) is 1.48. The van der Waals surface area contributed by atoms with Gasteiger partial charge in [0.15, 0.2) is 5.82 Å². The molecule has 0 amide bonds. The molecule has 4 heteroatoms. The Morgan fingerprint density at radius 1 is 1.38 bits per heavy atom. The largest absolute Gasteiger partial charge is 0.381 e. The van der Waals surface area contributed by atoms with Crippen molar-refractivity contribution in [2.75, 3.05) is 5.73 Å². The average molecular weight is 212 g/mol. The van der Waals surface area contributed by atoms with Crippen molar-refractivity contribution < 1.29 is 0 Å². The van der Waals surface area contributed by atoms with E-state index in [1.165, 1.54) is 5.56 Å². The highest BCUT2D eigenvalue weighted by Gasteiger charge is 2.04. The molecule has 2 rings (SSSR count). The van der Waals surface area contributed by atoms with E-state index < -0.39 is 0 Å². The first-order valence-corrected chi connectivity index (χ1v) is 4.97. The van der Waals surface area contributed by atoms with Crippen molar-refractivity contribution in [1.29, 1.82) is 5.26 Å². The Labute approximate surface area is 93.9 Å². The predicted octanol–water partition coefficient (Wildman–Crippen LogP) is 1.69. The molecule has 0 aliphatic rings. The number of hydrogen-bond donors (Lipinski definition) is 1. The zero-order chi connectivity index (χ0) is 11.5. The van der Waals surface area contributed by atoms with Gasteiger partial charge in [-0.1, -0.05) is 29.8 Å². The predicted molar refractivity (Wildman–Crippen MR) is 61.6 cm³/mol. The smallest absolute Gasteiger partial charge is 0.163 e. The van der Waals surface area contributed by atoms with E-state index in [2.05, 4.69) is 5.10 Å². The van der Waals surface area contributed by atoms with E-state index in [0.717, 1.165) is 5.56 Å². The maximum atomic E-state index is 8.75. The third kappa shape index (κ3) is 2.04. The van der Waals surface area contributed by atoms with Gasteiger partial charge in [0.2, 0.25) is 0 Å². The molecule has 0 saturated heterocycles. The first kappa shape index (κ1) is 10.2. The van der Waals surface area contributed by atoms with Crippen LogP contribution < -0.4 is 5.73 Å². The highest BCUT2D eigenvalue weighted by atomic mass is 15.3. The van der Waals surface area contributed by atoms with E-state index in [0.29, 0.717) is 12.1 Å². The Balaban J connectivity index is 2.21. The lowest BCUT2D eigenvalue weighted by molar-refractivity contribution is 0.690. The number of anilines is 1. The van der Waals surface area contributed by atoms with Gasteiger partial charge >= 0.3 is 0 Å². The molecule has 0 bridgehead atoms. The van der Waals surface area contributed by atoms with Crippen LogP contribution in [0.3, 0.4) is 0 Å². The second-order valence-electron chi connectivity index (χ2n) is 3.72. The normalized spacial score (nSPS) is 10.0. The number of benzene rings is 1. The van der Waals surface area contributed by atoms with Crippen molar-refractivity contribution in [3.63, 3.8) is 0 Å². The van der Waals surface area contributed by atoms with E-state index in [-0.39, 0.29) is 5.82 Å². The topological polar surface area (TPSA) is 67.6 Å². The van der Waals surface area contributed by atoms with Gasteiger partial charge in [-0.25, -0.2) is 0 Å². The van der Waals surface area contributed by atoms with E-state index in [9.17, 15) is 0 Å². The minimum absolute atomic E-state index is 0.287. The molecule has 1 aromatic carbocycles. The summed E-state index contributed by atoms with van der Waals surface area (Å²) in [4.78, 5) is 0. The molecule has 2 N–H and O–H groups in total. The molecule has 16 heavy (non-hydrogen) atoms. The van der Waals surface area contributed by atoms with Crippen LogP contribution in [0.15, 0.2) is 30.5 Å². The fraction of sp³-hybridized carbons (Fsp3) is 0.167. The maximum Gasteiger partial charge on any atom is 0.163 e. The van der Waals surface area contributed by atoms with E-state index in [1.54, 1.807) is 10.9 Å². The molecule has 2 aromatic rings. The van der Waals surface area contributed by atoms with Gasteiger partial charge < -0.3 is 5.73 Å². The highest BCUT2D eigenvalue weighted by Crippen LogP contribution is 2.10. The number of nitrogen functional groups attached to an aromatic ring is 1. The molecule has 0 aliphatic carbocycles. The van der Waals surface area contributed by atoms with Crippen molar-refractivity contribution in [2.24, 2.45) is 0 Å². The van der Waals surface area contributed by atoms with Crippen LogP contribution in [0.5, 0.6) is 0 Å². The molecule has 80 valence electrons. The van der Waals surface area contributed by atoms with Gasteiger partial charge in [-0.15, -0.1) is 0 Å². The van der Waals surface area contributed by atoms with Crippen LogP contribution in [0.4, 0.5) is 5.82 Å². The molecule has 1 aromatic heterocycles. The summed E-state index contributed by atoms with van der Waals surface area (Å²) in [7, 11) is 0. The second kappa shape index (κ2) is 4.07. The van der Waals surface area contributed by atoms with E-state index >= 15 is 0 Å². The Morgan fingerprint density at radius 2 is 2.06 bits per heavy atom. The second-order valence-corrected chi connectivity index (χ2v) is 3.72. The van der Waals surface area contributed by atoms with Crippen LogP contribution >= 0.6 is 0 Å². The Kier molecular flexibility index (Phi) is 2.61. The van der Waals surface area contributed by atoms with E-state index in [1.807, 2.05) is 37.3 Å². The van der Waals surface area contributed by atoms with Crippen LogP contribution in [0.2, 0.25) is 0 Å². The summed E-state index contributed by atoms with van der Waals surface area (Å²) in [5.74, 6) is 0.287. The summed E-state index contributed by atoms with van der Waals surface area (Å²) in [6, 6.07) is 10.2. The molecule has 0 spiro atoms. The van der Waals surface area contributed by atoms with Crippen molar-refractivity contribution in [3.8, 4) is 6.07 Å². The van der Waals surface area contributed by atoms with Crippen LogP contribution in [-0.4, -0.2) is 9.78 Å². The summed E-state index contributed by atoms with van der Waals surface area (Å²) in [5.41, 5.74) is 8.36. The van der Waals surface area contributed by atoms with Crippen molar-refractivity contribution >= 4 is 5.82 Å². The lowest BCUT2D eigenvalue weighted by Crippen LogP contribution is -2.00. The number of aromatic nitrogens is 2. The minimum Gasteiger partial charge on any atom is -0.381 e. The summed E-state index contributed by atoms with van der Waals surface area (Å²) >= 11 is 0. The number of nitriles is 1. The Hall–Kier alpha value is -2.28. The monoisotopic (exact) mass is 212 g/mol. The molecule has 0 radical (unpaired) electrons. The van der Waals surface area contributed by atoms with Crippen molar-refractivity contribution in [2.45, 2.75) is 13.5 Å². The van der Waals surface area contributed by atoms with Gasteiger partial charge in [0, 0.05) is 6.20 Å². The van der Waals surface area contributed by atoms with Crippen LogP contribution in [0, 0.1) is 18.3 Å². The van der Waals surface area contributed by atoms with Gasteiger partial charge in [0.1, 0.15) is 11.6 Å². The highest BCUT2D eigenvalue weighted by molar-refractivity contribution is 5.46. The third-order valence-corrected chi connectivity index (χ3v) is 2.38.